The van der Waals surface area contributed by atoms with Gasteiger partial charge < -0.3 is 20.8 Å². The zero-order chi connectivity index (χ0) is 30.7. The van der Waals surface area contributed by atoms with E-state index in [1.165, 1.54) is 36.4 Å². The summed E-state index contributed by atoms with van der Waals surface area (Å²) in [5.41, 5.74) is -0.764. The molecule has 0 bridgehead atoms. The van der Waals surface area contributed by atoms with Gasteiger partial charge >= 0.3 is 0 Å². The van der Waals surface area contributed by atoms with Gasteiger partial charge in [0.2, 0.25) is 5.78 Å². The number of aryl methyl sites for hydroxylation is 2. The first-order valence-electron chi connectivity index (χ1n) is 12.1. The summed E-state index contributed by atoms with van der Waals surface area (Å²) >= 11 is 0. The third-order valence-corrected chi connectivity index (χ3v) is 8.44. The molecular formula is C28H22N2Na2O10S2. The van der Waals surface area contributed by atoms with Gasteiger partial charge in [-0.3, -0.25) is 18.7 Å². The maximum Gasteiger partial charge on any atom is 0.296 e. The van der Waals surface area contributed by atoms with E-state index in [2.05, 4.69) is 10.6 Å². The minimum Gasteiger partial charge on any atom is -0.504 e. The Hall–Kier alpha value is -2.76. The first-order valence-corrected chi connectivity index (χ1v) is 15.0. The van der Waals surface area contributed by atoms with Crippen LogP contribution in [0, 0.1) is 13.8 Å². The molecule has 0 heterocycles. The van der Waals surface area contributed by atoms with Crippen LogP contribution in [0.2, 0.25) is 0 Å². The van der Waals surface area contributed by atoms with Gasteiger partial charge in [0, 0.05) is 64.7 Å². The van der Waals surface area contributed by atoms with E-state index in [1.54, 1.807) is 26.0 Å². The Kier molecular flexibility index (Phi) is 10.5. The summed E-state index contributed by atoms with van der Waals surface area (Å²) in [5.74, 6) is -3.21. The number of aromatic hydroxyl groups is 2. The van der Waals surface area contributed by atoms with E-state index in [4.69, 9.17) is 0 Å². The number of rotatable bonds is 6. The van der Waals surface area contributed by atoms with Gasteiger partial charge in [0.15, 0.2) is 17.3 Å². The zero-order valence-corrected chi connectivity index (χ0v) is 29.5. The van der Waals surface area contributed by atoms with E-state index in [9.17, 15) is 45.7 Å². The summed E-state index contributed by atoms with van der Waals surface area (Å²) in [6, 6.07) is 13.0. The first kappa shape index (κ1) is 35.7. The Bertz CT molecular complexity index is 2080. The van der Waals surface area contributed by atoms with Gasteiger partial charge in [0.25, 0.3) is 20.2 Å². The Morgan fingerprint density at radius 3 is 1.41 bits per heavy atom. The third kappa shape index (κ3) is 6.60. The molecule has 5 rings (SSSR count). The first-order chi connectivity index (χ1) is 19.6. The Morgan fingerprint density at radius 2 is 0.977 bits per heavy atom. The molecule has 0 saturated carbocycles. The van der Waals surface area contributed by atoms with Gasteiger partial charge in [-0.2, -0.15) is 16.8 Å². The van der Waals surface area contributed by atoms with Crippen LogP contribution in [0.1, 0.15) is 43.0 Å². The maximum atomic E-state index is 13.9. The smallest absolute Gasteiger partial charge is 0.296 e. The fourth-order valence-electron chi connectivity index (χ4n) is 4.72. The van der Waals surface area contributed by atoms with Crippen LogP contribution in [0.15, 0.2) is 70.5 Å². The fourth-order valence-corrected chi connectivity index (χ4v) is 6.19. The summed E-state index contributed by atoms with van der Waals surface area (Å²) in [4.78, 5) is 26.7. The molecule has 44 heavy (non-hydrogen) atoms. The van der Waals surface area contributed by atoms with Crippen molar-refractivity contribution < 1.29 is 45.7 Å². The van der Waals surface area contributed by atoms with Crippen molar-refractivity contribution in [2.24, 2.45) is 0 Å². The normalized spacial score (nSPS) is 12.4. The standard InChI is InChI=1S/C28H22N2O10S2.2Na/c1-13-3-6-16(21(11-13)41(35,36)37)29-18-8-9-19(30-17-7-4-14(2)12-22(17)42(38,39)40)25-24(18)26(32)15-5-10-20(31)27(33)23(15)28(25)34;;/h3-12,29-31,33H,1-2H3,(H,35,36,37)(H,38,39,40);;. The predicted molar refractivity (Wildman–Crippen MR) is 163 cm³/mol. The number of anilines is 4. The van der Waals surface area contributed by atoms with Crippen LogP contribution in [-0.2, 0) is 20.2 Å². The van der Waals surface area contributed by atoms with Gasteiger partial charge in [-0.05, 0) is 73.5 Å². The van der Waals surface area contributed by atoms with E-state index in [0.29, 0.717) is 11.1 Å². The summed E-state index contributed by atoms with van der Waals surface area (Å²) < 4.78 is 68.0. The number of hydrogen-bond acceptors (Lipinski definition) is 10. The molecule has 0 amide bonds. The van der Waals surface area contributed by atoms with Crippen LogP contribution in [0.25, 0.3) is 0 Å². The SMILES string of the molecule is Cc1ccc(Nc2ccc(Nc3ccc(C)cc3S(=O)(=O)O)c3c2C(=O)c2ccc(O)c(O)c2C3=O)c(S(=O)(=O)O)c1.[Na].[Na]. The van der Waals surface area contributed by atoms with Crippen LogP contribution >= 0.6 is 0 Å². The van der Waals surface area contributed by atoms with Crippen molar-refractivity contribution in [3.63, 3.8) is 0 Å². The number of benzene rings is 4. The van der Waals surface area contributed by atoms with Gasteiger partial charge in [0.05, 0.1) is 39.4 Å². The van der Waals surface area contributed by atoms with Crippen LogP contribution in [-0.4, -0.2) is 107 Å². The molecule has 12 nitrogen and oxygen atoms in total. The number of hydrogen-bond donors (Lipinski definition) is 6. The molecule has 1 aliphatic carbocycles. The van der Waals surface area contributed by atoms with Crippen LogP contribution in [0.4, 0.5) is 22.7 Å². The number of ketones is 2. The molecule has 0 aliphatic heterocycles. The van der Waals surface area contributed by atoms with Crippen molar-refractivity contribution in [2.45, 2.75) is 23.6 Å². The van der Waals surface area contributed by atoms with E-state index in [0.717, 1.165) is 12.1 Å². The van der Waals surface area contributed by atoms with Crippen LogP contribution in [0.5, 0.6) is 11.5 Å². The summed E-state index contributed by atoms with van der Waals surface area (Å²) in [6.45, 7) is 3.20. The van der Waals surface area contributed by atoms with Gasteiger partial charge in [0.1, 0.15) is 9.79 Å². The number of phenolic OH excluding ortho intramolecular Hbond substituents is 2. The van der Waals surface area contributed by atoms with Crippen LogP contribution in [0.3, 0.4) is 0 Å². The second-order valence-electron chi connectivity index (χ2n) is 9.62. The Balaban J connectivity index is 0.00000264. The largest absolute Gasteiger partial charge is 0.504 e. The molecular weight excluding hydrogens is 634 g/mol. The second-order valence-corrected chi connectivity index (χ2v) is 12.4. The van der Waals surface area contributed by atoms with Gasteiger partial charge in [-0.1, -0.05) is 12.1 Å². The molecule has 0 aromatic heterocycles. The average molecular weight is 657 g/mol. The molecule has 2 radical (unpaired) electrons. The molecule has 0 spiro atoms. The van der Waals surface area contributed by atoms with E-state index < -0.39 is 58.7 Å². The van der Waals surface area contributed by atoms with Gasteiger partial charge in [-0.15, -0.1) is 0 Å². The molecule has 0 saturated heterocycles. The minimum atomic E-state index is -4.73. The molecule has 4 aromatic rings. The average Bonchev–Trinajstić information content (AvgIpc) is 2.90. The monoisotopic (exact) mass is 656 g/mol. The quantitative estimate of drug-likeness (QED) is 0.0879. The number of phenols is 2. The fraction of sp³-hybridized carbons (Fsp3) is 0.0714. The predicted octanol–water partition coefficient (Wildman–Crippen LogP) is 3.71. The van der Waals surface area contributed by atoms with Crippen molar-refractivity contribution in [1.29, 1.82) is 0 Å². The second kappa shape index (κ2) is 12.9. The topological polar surface area (TPSA) is 207 Å². The van der Waals surface area contributed by atoms with Crippen molar-refractivity contribution in [3.05, 3.63) is 94.0 Å². The molecule has 4 aromatic carbocycles. The van der Waals surface area contributed by atoms with Crippen molar-refractivity contribution >= 4 is 114 Å². The van der Waals surface area contributed by atoms with E-state index in [-0.39, 0.29) is 98.6 Å². The number of fused-ring (bicyclic) bond motifs is 2. The molecule has 0 atom stereocenters. The summed E-state index contributed by atoms with van der Waals surface area (Å²) in [7, 11) is -9.45. The number of carbonyl (C=O) groups excluding carboxylic acids is 2. The molecule has 16 heteroatoms. The van der Waals surface area contributed by atoms with E-state index >= 15 is 0 Å². The van der Waals surface area contributed by atoms with Gasteiger partial charge in [-0.25, -0.2) is 0 Å². The van der Waals surface area contributed by atoms with Crippen LogP contribution < -0.4 is 10.6 Å². The summed E-state index contributed by atoms with van der Waals surface area (Å²) in [5, 5.41) is 26.1. The Morgan fingerprint density at radius 1 is 0.568 bits per heavy atom. The third-order valence-electron chi connectivity index (χ3n) is 6.66. The summed E-state index contributed by atoms with van der Waals surface area (Å²) in [6.07, 6.45) is 0. The molecule has 0 fully saturated rings. The number of carbonyl (C=O) groups is 2. The van der Waals surface area contributed by atoms with Crippen molar-refractivity contribution in [2.75, 3.05) is 10.6 Å². The van der Waals surface area contributed by atoms with Crippen molar-refractivity contribution in [3.8, 4) is 11.5 Å². The van der Waals surface area contributed by atoms with Crippen molar-refractivity contribution in [1.82, 2.24) is 0 Å². The van der Waals surface area contributed by atoms with E-state index in [1.807, 2.05) is 0 Å². The molecule has 6 N–H and O–H groups in total. The minimum absolute atomic E-state index is 0. The maximum absolute atomic E-state index is 13.9. The molecule has 0 unspecified atom stereocenters. The zero-order valence-electron chi connectivity index (χ0n) is 23.8. The molecule has 1 aliphatic rings. The Labute approximate surface area is 296 Å². The molecule has 218 valence electrons. The number of nitrogens with one attached hydrogen (secondary N) is 2.